The minimum Gasteiger partial charge on any atom is -0.318 e. The molecule has 0 unspecified atom stereocenters. The van der Waals surface area contributed by atoms with Crippen molar-refractivity contribution in [2.24, 2.45) is 10.1 Å². The van der Waals surface area contributed by atoms with E-state index >= 15 is 0 Å². The summed E-state index contributed by atoms with van der Waals surface area (Å²) >= 11 is 2.92. The molecule has 2 aliphatic heterocycles. The summed E-state index contributed by atoms with van der Waals surface area (Å²) in [5.41, 5.74) is 4.28. The molecule has 1 aromatic carbocycles. The first-order chi connectivity index (χ1) is 13.5. The highest BCUT2D eigenvalue weighted by molar-refractivity contribution is 8.45. The van der Waals surface area contributed by atoms with E-state index in [9.17, 15) is 4.79 Å². The lowest BCUT2D eigenvalue weighted by molar-refractivity contribution is -0.114. The molecule has 6 nitrogen and oxygen atoms in total. The van der Waals surface area contributed by atoms with E-state index in [4.69, 9.17) is 5.41 Å². The molecular formula is C20H19N5OS2. The third-order valence-electron chi connectivity index (χ3n) is 4.49. The van der Waals surface area contributed by atoms with Gasteiger partial charge in [-0.25, -0.2) is 0 Å². The zero-order valence-electron chi connectivity index (χ0n) is 15.8. The molecule has 142 valence electrons. The van der Waals surface area contributed by atoms with Gasteiger partial charge in [0.05, 0.1) is 5.57 Å². The Kier molecular flexibility index (Phi) is 4.99. The Morgan fingerprint density at radius 2 is 2.00 bits per heavy atom. The molecule has 0 radical (unpaired) electrons. The standard InChI is InChI=1S/C20H19N5OS2/c1-4-27-20-23-25-17(21)16(18(26)22-19(25)28-20)11-14-10-12(2)24(13(14)3)15-8-6-5-7-9-15/h5-11,21H,4H2,1-3H3/b16-11+,21-17?. The number of hydrogen-bond acceptors (Lipinski definition) is 5. The molecule has 1 aromatic heterocycles. The van der Waals surface area contributed by atoms with Crippen LogP contribution in [-0.2, 0) is 4.79 Å². The van der Waals surface area contributed by atoms with Crippen LogP contribution < -0.4 is 0 Å². The highest BCUT2D eigenvalue weighted by Gasteiger charge is 2.35. The van der Waals surface area contributed by atoms with E-state index in [2.05, 4.69) is 14.7 Å². The summed E-state index contributed by atoms with van der Waals surface area (Å²) < 4.78 is 2.94. The van der Waals surface area contributed by atoms with E-state index in [1.54, 1.807) is 17.8 Å². The van der Waals surface area contributed by atoms with E-state index in [1.165, 1.54) is 16.8 Å². The number of nitrogens with one attached hydrogen (secondary N) is 1. The Morgan fingerprint density at radius 1 is 1.25 bits per heavy atom. The minimum absolute atomic E-state index is 0.0683. The molecule has 2 aromatic rings. The molecule has 3 heterocycles. The zero-order valence-corrected chi connectivity index (χ0v) is 17.4. The van der Waals surface area contributed by atoms with Gasteiger partial charge in [0.2, 0.25) is 5.17 Å². The predicted molar refractivity (Wildman–Crippen MR) is 118 cm³/mol. The summed E-state index contributed by atoms with van der Waals surface area (Å²) in [4.78, 5) is 16.7. The quantitative estimate of drug-likeness (QED) is 0.762. The normalized spacial score (nSPS) is 17.8. The maximum Gasteiger partial charge on any atom is 0.283 e. The second-order valence-corrected chi connectivity index (χ2v) is 8.78. The summed E-state index contributed by atoms with van der Waals surface area (Å²) in [5, 5.41) is 14.8. The SMILES string of the molecule is CCSC1=NN2C(=N)/C(=C\c3cc(C)n(-c4ccccc4)c3C)C(=O)N=C2S1. The third kappa shape index (κ3) is 3.22. The van der Waals surface area contributed by atoms with Gasteiger partial charge in [0, 0.05) is 17.1 Å². The first-order valence-corrected chi connectivity index (χ1v) is 10.7. The summed E-state index contributed by atoms with van der Waals surface area (Å²) in [5.74, 6) is 0.549. The van der Waals surface area contributed by atoms with Crippen molar-refractivity contribution in [2.45, 2.75) is 20.8 Å². The molecule has 0 fully saturated rings. The van der Waals surface area contributed by atoms with E-state index in [1.807, 2.05) is 57.2 Å². The maximum atomic E-state index is 12.6. The van der Waals surface area contributed by atoms with Crippen LogP contribution in [-0.4, -0.2) is 36.6 Å². The van der Waals surface area contributed by atoms with Crippen LogP contribution in [0.3, 0.4) is 0 Å². The van der Waals surface area contributed by atoms with Gasteiger partial charge in [-0.2, -0.15) is 10.0 Å². The van der Waals surface area contributed by atoms with Crippen molar-refractivity contribution >= 4 is 50.9 Å². The average molecular weight is 410 g/mol. The van der Waals surface area contributed by atoms with Gasteiger partial charge in [-0.15, -0.1) is 5.10 Å². The van der Waals surface area contributed by atoms with Gasteiger partial charge >= 0.3 is 0 Å². The fourth-order valence-electron chi connectivity index (χ4n) is 3.22. The molecule has 4 rings (SSSR count). The summed E-state index contributed by atoms with van der Waals surface area (Å²) in [6.07, 6.45) is 1.75. The van der Waals surface area contributed by atoms with Crippen LogP contribution in [0.4, 0.5) is 0 Å². The number of nitrogens with zero attached hydrogens (tertiary/aromatic N) is 4. The van der Waals surface area contributed by atoms with Crippen molar-refractivity contribution in [3.8, 4) is 5.69 Å². The van der Waals surface area contributed by atoms with Gasteiger partial charge in [-0.05, 0) is 61.2 Å². The minimum atomic E-state index is -0.397. The Labute approximate surface area is 171 Å². The largest absolute Gasteiger partial charge is 0.318 e. The zero-order chi connectivity index (χ0) is 19.8. The van der Waals surface area contributed by atoms with Crippen LogP contribution in [0, 0.1) is 19.3 Å². The summed E-state index contributed by atoms with van der Waals surface area (Å²) in [7, 11) is 0. The number of rotatable bonds is 3. The fourth-order valence-corrected chi connectivity index (χ4v) is 5.04. The number of aliphatic imine (C=N–C) groups is 1. The molecule has 0 aliphatic carbocycles. The van der Waals surface area contributed by atoms with Crippen molar-refractivity contribution in [1.29, 1.82) is 5.41 Å². The van der Waals surface area contributed by atoms with Gasteiger partial charge in [0.15, 0.2) is 10.2 Å². The van der Waals surface area contributed by atoms with Crippen LogP contribution in [0.15, 0.2) is 52.1 Å². The lowest BCUT2D eigenvalue weighted by atomic mass is 10.1. The molecule has 0 saturated carbocycles. The molecule has 1 amide bonds. The number of thioether (sulfide) groups is 2. The van der Waals surface area contributed by atoms with Gasteiger partial charge in [-0.1, -0.05) is 36.9 Å². The van der Waals surface area contributed by atoms with Crippen molar-refractivity contribution < 1.29 is 4.79 Å². The van der Waals surface area contributed by atoms with Crippen molar-refractivity contribution in [2.75, 3.05) is 5.75 Å². The van der Waals surface area contributed by atoms with E-state index < -0.39 is 5.91 Å². The molecule has 0 bridgehead atoms. The second kappa shape index (κ2) is 7.44. The number of para-hydroxylation sites is 1. The highest BCUT2D eigenvalue weighted by Crippen LogP contribution is 2.33. The summed E-state index contributed by atoms with van der Waals surface area (Å²) in [6, 6.07) is 12.1. The van der Waals surface area contributed by atoms with Crippen LogP contribution in [0.1, 0.15) is 23.9 Å². The Bertz CT molecular complexity index is 1070. The van der Waals surface area contributed by atoms with Gasteiger partial charge < -0.3 is 4.57 Å². The van der Waals surface area contributed by atoms with Crippen LogP contribution >= 0.6 is 23.5 Å². The molecule has 8 heteroatoms. The van der Waals surface area contributed by atoms with E-state index in [-0.39, 0.29) is 11.4 Å². The number of amides is 1. The fraction of sp³-hybridized carbons (Fsp3) is 0.200. The number of hydrazone groups is 1. The smallest absolute Gasteiger partial charge is 0.283 e. The topological polar surface area (TPSA) is 73.8 Å². The number of fused-ring (bicyclic) bond motifs is 1. The number of hydrogen-bond donors (Lipinski definition) is 1. The van der Waals surface area contributed by atoms with Gasteiger partial charge in [-0.3, -0.25) is 10.2 Å². The molecule has 0 spiro atoms. The van der Waals surface area contributed by atoms with Crippen molar-refractivity contribution in [3.05, 3.63) is 58.9 Å². The lowest BCUT2D eigenvalue weighted by Crippen LogP contribution is -2.35. The van der Waals surface area contributed by atoms with Crippen LogP contribution in [0.2, 0.25) is 0 Å². The Hall–Kier alpha value is -2.58. The summed E-state index contributed by atoms with van der Waals surface area (Å²) in [6.45, 7) is 6.08. The monoisotopic (exact) mass is 409 g/mol. The van der Waals surface area contributed by atoms with Crippen LogP contribution in [0.5, 0.6) is 0 Å². The first kappa shape index (κ1) is 18.8. The number of amidine groups is 2. The Morgan fingerprint density at radius 3 is 2.71 bits per heavy atom. The molecule has 28 heavy (non-hydrogen) atoms. The van der Waals surface area contributed by atoms with Crippen LogP contribution in [0.25, 0.3) is 11.8 Å². The molecule has 0 atom stereocenters. The third-order valence-corrected chi connectivity index (χ3v) is 6.41. The average Bonchev–Trinajstić information content (AvgIpc) is 3.20. The van der Waals surface area contributed by atoms with Crippen molar-refractivity contribution in [3.63, 3.8) is 0 Å². The second-order valence-electron chi connectivity index (χ2n) is 6.32. The number of benzene rings is 1. The van der Waals surface area contributed by atoms with Gasteiger partial charge in [0.25, 0.3) is 5.91 Å². The number of aryl methyl sites for hydroxylation is 1. The molecule has 2 aliphatic rings. The number of carbonyl (C=O) groups excluding carboxylic acids is 1. The first-order valence-electron chi connectivity index (χ1n) is 8.87. The lowest BCUT2D eigenvalue weighted by Gasteiger charge is -2.20. The molecular weight excluding hydrogens is 390 g/mol. The number of carbonyl (C=O) groups is 1. The Balaban J connectivity index is 1.73. The molecule has 1 N–H and O–H groups in total. The highest BCUT2D eigenvalue weighted by atomic mass is 32.2. The predicted octanol–water partition coefficient (Wildman–Crippen LogP) is 4.42. The van der Waals surface area contributed by atoms with Crippen molar-refractivity contribution in [1.82, 2.24) is 9.58 Å². The van der Waals surface area contributed by atoms with Gasteiger partial charge in [0.1, 0.15) is 0 Å². The maximum absolute atomic E-state index is 12.6. The van der Waals surface area contributed by atoms with E-state index in [0.29, 0.717) is 5.17 Å². The van der Waals surface area contributed by atoms with E-state index in [0.717, 1.165) is 32.8 Å². The molecule has 0 saturated heterocycles. The number of aromatic nitrogens is 1.